The Kier molecular flexibility index (Phi) is 13.2. The Bertz CT molecular complexity index is 4040. The van der Waals surface area contributed by atoms with Crippen LogP contribution in [-0.4, -0.2) is 199 Å². The zero-order chi connectivity index (χ0) is 57.3. The van der Waals surface area contributed by atoms with Gasteiger partial charge in [-0.2, -0.15) is 0 Å². The van der Waals surface area contributed by atoms with Crippen molar-refractivity contribution in [2.24, 2.45) is 0 Å². The van der Waals surface area contributed by atoms with Gasteiger partial charge in [0.15, 0.2) is 12.5 Å². The van der Waals surface area contributed by atoms with Gasteiger partial charge in [-0.15, -0.1) is 0 Å². The number of rotatable bonds is 16. The van der Waals surface area contributed by atoms with Crippen molar-refractivity contribution in [2.45, 2.75) is 67.7 Å². The van der Waals surface area contributed by atoms with Crippen LogP contribution in [0.1, 0.15) is 60.3 Å². The maximum Gasteiger partial charge on any atom is 0.262 e. The smallest absolute Gasteiger partial charge is 0.262 e. The molecule has 4 aliphatic rings. The molecule has 0 unspecified atom stereocenters. The van der Waals surface area contributed by atoms with Crippen molar-refractivity contribution < 1.29 is 68.8 Å². The molecule has 0 saturated carbocycles. The number of aromatic nitrogens is 4. The van der Waals surface area contributed by atoms with E-state index in [1.807, 2.05) is 97.1 Å². The number of imide groups is 2. The number of carbonyl (C=O) groups is 4. The first-order chi connectivity index (χ1) is 40.4. The van der Waals surface area contributed by atoms with Gasteiger partial charge in [0.05, 0.1) is 68.6 Å². The Hall–Kier alpha value is -7.68. The van der Waals surface area contributed by atoms with E-state index in [0.29, 0.717) is 107 Å². The number of para-hydroxylation sites is 4. The first-order valence-electron chi connectivity index (χ1n) is 27.9. The lowest BCUT2D eigenvalue weighted by molar-refractivity contribution is -0.255. The van der Waals surface area contributed by atoms with E-state index in [4.69, 9.17) is 18.9 Å². The SMILES string of the molecule is CO[C@H]1[C@H](O)[C@@H](O)[C@H](n2c3ccccc3c3c4c(c5c6ccccc6[nH]c5c32)C(=O)N(CCNCCCNCCN2C(=O)c3c(c5c6ccccc6n([C@@H]6O[C@H](CO)[C@@H](OC)[C@H](O)[C@H]6O)c5c5[nH]c6ccccc6c35)C2=O)C4=O)O[C@@H]1CO. The number of nitrogens with zero attached hydrogens (tertiary/aromatic N) is 4. The lowest BCUT2D eigenvalue weighted by atomic mass is 9.96. The summed E-state index contributed by atoms with van der Waals surface area (Å²) in [6.07, 6.45) is -11.8. The molecule has 6 aromatic carbocycles. The molecule has 0 spiro atoms. The second kappa shape index (κ2) is 20.6. The molecule has 10 atom stereocenters. The molecule has 4 aromatic heterocycles. The largest absolute Gasteiger partial charge is 0.394 e. The van der Waals surface area contributed by atoms with E-state index in [1.165, 1.54) is 24.0 Å². The standard InChI is InChI=1S/C61H60N8O14/c1-80-54-36(26-70)82-60(52(74)50(54)72)68-34-18-9-5-14-30(34)40-44-42(38-28-12-3-7-16-32(28)64-46(38)48(40)68)56(76)66(58(44)78)24-22-62-20-11-21-63-23-25-67-57(77)43-39-29-13-4-8-17-33(29)65-47(39)49-41(45(43)59(67)79)31-15-6-10-19-35(31)69(49)61-53(75)51(73)55(81-2)37(27-71)83-61/h3-10,12-19,36-37,50-55,60-65,70-75H,11,20-27H2,1-2H3/t36-,37-,50-,51-,52-,53-,54-,55-,60-,61-/m1/s1. The van der Waals surface area contributed by atoms with Gasteiger partial charge < -0.3 is 79.3 Å². The van der Waals surface area contributed by atoms with Crippen LogP contribution in [0.3, 0.4) is 0 Å². The lowest BCUT2D eigenvalue weighted by Gasteiger charge is -2.42. The Balaban J connectivity index is 0.688. The molecular formula is C61H60N8O14. The summed E-state index contributed by atoms with van der Waals surface area (Å²) in [5, 5.41) is 78.2. The number of aliphatic hydroxyl groups is 6. The van der Waals surface area contributed by atoms with Gasteiger partial charge in [0.1, 0.15) is 48.8 Å². The first-order valence-corrected chi connectivity index (χ1v) is 27.9. The molecule has 83 heavy (non-hydrogen) atoms. The van der Waals surface area contributed by atoms with Crippen LogP contribution < -0.4 is 10.6 Å². The molecule has 2 fully saturated rings. The molecule has 10 aromatic rings. The van der Waals surface area contributed by atoms with Gasteiger partial charge in [0, 0.05) is 94.5 Å². The van der Waals surface area contributed by atoms with Crippen LogP contribution in [-0.2, 0) is 18.9 Å². The fourth-order valence-corrected chi connectivity index (χ4v) is 13.8. The molecule has 0 aliphatic carbocycles. The Morgan fingerprint density at radius 1 is 0.482 bits per heavy atom. The molecule has 0 bridgehead atoms. The normalized spacial score (nSPS) is 25.0. The molecule has 8 heterocycles. The molecule has 14 rings (SSSR count). The van der Waals surface area contributed by atoms with Gasteiger partial charge in [-0.3, -0.25) is 29.0 Å². The second-order valence-electron chi connectivity index (χ2n) is 21.8. The van der Waals surface area contributed by atoms with Crippen molar-refractivity contribution in [3.05, 3.63) is 119 Å². The van der Waals surface area contributed by atoms with Crippen molar-refractivity contribution in [1.82, 2.24) is 39.5 Å². The zero-order valence-electron chi connectivity index (χ0n) is 45.1. The third kappa shape index (κ3) is 7.72. The van der Waals surface area contributed by atoms with E-state index in [9.17, 15) is 49.8 Å². The van der Waals surface area contributed by atoms with Crippen LogP contribution in [0.4, 0.5) is 0 Å². The van der Waals surface area contributed by atoms with Gasteiger partial charge in [-0.05, 0) is 43.8 Å². The van der Waals surface area contributed by atoms with E-state index in [-0.39, 0.29) is 48.4 Å². The highest BCUT2D eigenvalue weighted by Crippen LogP contribution is 2.50. The minimum absolute atomic E-state index is 0.0556. The van der Waals surface area contributed by atoms with Crippen LogP contribution >= 0.6 is 0 Å². The number of hydrogen-bond acceptors (Lipinski definition) is 16. The summed E-state index contributed by atoms with van der Waals surface area (Å²) < 4.78 is 27.1. The number of ether oxygens (including phenoxy) is 4. The molecule has 4 amide bonds. The fraction of sp³-hybridized carbons (Fsp3) is 0.344. The van der Waals surface area contributed by atoms with Crippen molar-refractivity contribution in [3.8, 4) is 0 Å². The molecule has 4 aliphatic heterocycles. The Morgan fingerprint density at radius 3 is 1.23 bits per heavy atom. The summed E-state index contributed by atoms with van der Waals surface area (Å²) in [4.78, 5) is 68.7. The zero-order valence-corrected chi connectivity index (χ0v) is 45.1. The molecule has 22 nitrogen and oxygen atoms in total. The third-order valence-electron chi connectivity index (χ3n) is 17.5. The van der Waals surface area contributed by atoms with Crippen LogP contribution in [0.2, 0.25) is 0 Å². The highest BCUT2D eigenvalue weighted by atomic mass is 16.6. The summed E-state index contributed by atoms with van der Waals surface area (Å²) in [7, 11) is 2.73. The molecule has 428 valence electrons. The molecular weight excluding hydrogens is 1070 g/mol. The number of methoxy groups -OCH3 is 2. The van der Waals surface area contributed by atoms with Gasteiger partial charge in [-0.1, -0.05) is 72.8 Å². The van der Waals surface area contributed by atoms with Gasteiger partial charge in [0.25, 0.3) is 23.6 Å². The van der Waals surface area contributed by atoms with Crippen LogP contribution in [0.15, 0.2) is 97.1 Å². The molecule has 22 heteroatoms. The minimum atomic E-state index is -1.52. The Morgan fingerprint density at radius 2 is 0.843 bits per heavy atom. The lowest BCUT2D eigenvalue weighted by Crippen LogP contribution is -2.57. The average molecular weight is 1130 g/mol. The van der Waals surface area contributed by atoms with Crippen molar-refractivity contribution in [1.29, 1.82) is 0 Å². The number of H-pyrrole nitrogens is 2. The minimum Gasteiger partial charge on any atom is -0.394 e. The fourth-order valence-electron chi connectivity index (χ4n) is 13.8. The van der Waals surface area contributed by atoms with Crippen LogP contribution in [0.5, 0.6) is 0 Å². The predicted octanol–water partition coefficient (Wildman–Crippen LogP) is 3.89. The number of benzene rings is 6. The molecule has 0 radical (unpaired) electrons. The number of hydrogen-bond donors (Lipinski definition) is 10. The van der Waals surface area contributed by atoms with E-state index in [1.54, 1.807) is 9.13 Å². The number of nitrogens with one attached hydrogen (secondary N) is 4. The van der Waals surface area contributed by atoms with Crippen molar-refractivity contribution >= 4 is 111 Å². The van der Waals surface area contributed by atoms with Crippen molar-refractivity contribution in [2.75, 3.05) is 66.7 Å². The maximum atomic E-state index is 14.9. The highest BCUT2D eigenvalue weighted by molar-refractivity contribution is 6.41. The number of aliphatic hydroxyl groups excluding tert-OH is 6. The monoisotopic (exact) mass is 1130 g/mol. The van der Waals surface area contributed by atoms with Crippen LogP contribution in [0, 0.1) is 0 Å². The topological polar surface area (TPSA) is 299 Å². The summed E-state index contributed by atoms with van der Waals surface area (Å²) in [5.74, 6) is -1.86. The molecule has 10 N–H and O–H groups in total. The molecule has 2 saturated heterocycles. The third-order valence-corrected chi connectivity index (χ3v) is 17.5. The number of carbonyl (C=O) groups excluding carboxylic acids is 4. The summed E-state index contributed by atoms with van der Waals surface area (Å²) >= 11 is 0. The van der Waals surface area contributed by atoms with Gasteiger partial charge >= 0.3 is 0 Å². The van der Waals surface area contributed by atoms with E-state index >= 15 is 0 Å². The second-order valence-corrected chi connectivity index (χ2v) is 21.8. The average Bonchev–Trinajstić information content (AvgIpc) is 1.61. The quantitative estimate of drug-likeness (QED) is 0.0485. The first kappa shape index (κ1) is 53.3. The number of fused-ring (bicyclic) bond motifs is 20. The predicted molar refractivity (Wildman–Crippen MR) is 306 cm³/mol. The van der Waals surface area contributed by atoms with E-state index in [0.717, 1.165) is 0 Å². The number of aromatic amines is 2. The van der Waals surface area contributed by atoms with E-state index < -0.39 is 98.1 Å². The van der Waals surface area contributed by atoms with Gasteiger partial charge in [-0.25, -0.2) is 0 Å². The van der Waals surface area contributed by atoms with Gasteiger partial charge in [0.2, 0.25) is 0 Å². The Labute approximate surface area is 471 Å². The number of amides is 4. The van der Waals surface area contributed by atoms with Crippen molar-refractivity contribution in [3.63, 3.8) is 0 Å². The summed E-state index contributed by atoms with van der Waals surface area (Å²) in [6, 6.07) is 29.6. The van der Waals surface area contributed by atoms with E-state index in [2.05, 4.69) is 20.6 Å². The summed E-state index contributed by atoms with van der Waals surface area (Å²) in [5.41, 5.74) is 5.56. The summed E-state index contributed by atoms with van der Waals surface area (Å²) in [6.45, 7) is 0.674. The highest BCUT2D eigenvalue weighted by Gasteiger charge is 2.50. The maximum absolute atomic E-state index is 14.9. The van der Waals surface area contributed by atoms with Crippen LogP contribution in [0.25, 0.3) is 87.2 Å².